The highest BCUT2D eigenvalue weighted by atomic mass is 32.2. The van der Waals surface area contributed by atoms with Crippen LogP contribution in [-0.2, 0) is 4.84 Å². The van der Waals surface area contributed by atoms with E-state index in [4.69, 9.17) is 4.84 Å². The average Bonchev–Trinajstić information content (AvgIpc) is 2.79. The summed E-state index contributed by atoms with van der Waals surface area (Å²) >= 11 is 5.23. The van der Waals surface area contributed by atoms with Crippen LogP contribution in [0.3, 0.4) is 0 Å². The number of carbonyl (C=O) groups is 1. The molecule has 0 aliphatic carbocycles. The van der Waals surface area contributed by atoms with E-state index in [1.54, 1.807) is 5.06 Å². The Morgan fingerprint density at radius 1 is 1.42 bits per heavy atom. The van der Waals surface area contributed by atoms with Crippen LogP contribution >= 0.6 is 24.9 Å². The van der Waals surface area contributed by atoms with Crippen LogP contribution in [0.15, 0.2) is 0 Å². The minimum atomic E-state index is -0.423. The van der Waals surface area contributed by atoms with Gasteiger partial charge in [0.05, 0.1) is 25.2 Å². The summed E-state index contributed by atoms with van der Waals surface area (Å²) in [6.45, 7) is 3.70. The minimum absolute atomic E-state index is 0.423. The number of amides is 1. The van der Waals surface area contributed by atoms with E-state index in [1.165, 1.54) is 15.8 Å². The van der Waals surface area contributed by atoms with Crippen LogP contribution in [0.5, 0.6) is 0 Å². The molecule has 2 fully saturated rings. The first kappa shape index (κ1) is 8.49. The molecule has 0 aromatic carbocycles. The van der Waals surface area contributed by atoms with Gasteiger partial charge in [0.25, 0.3) is 0 Å². The molecule has 0 saturated carbocycles. The number of thiol groups is 1. The Hall–Kier alpha value is -0.110. The molecular weight excluding hydrogens is 198 g/mol. The fourth-order valence-electron chi connectivity index (χ4n) is 0.543. The van der Waals surface area contributed by atoms with Gasteiger partial charge in [-0.1, -0.05) is 0 Å². The van der Waals surface area contributed by atoms with Crippen molar-refractivity contribution in [3.63, 3.8) is 0 Å². The van der Waals surface area contributed by atoms with Gasteiger partial charge in [0.15, 0.2) is 0 Å². The van der Waals surface area contributed by atoms with Crippen molar-refractivity contribution < 1.29 is 9.63 Å². The van der Waals surface area contributed by atoms with Gasteiger partial charge in [-0.15, -0.1) is 5.06 Å². The van der Waals surface area contributed by atoms with Gasteiger partial charge in [-0.3, -0.25) is 0 Å². The molecule has 68 valence electrons. The van der Waals surface area contributed by atoms with Crippen molar-refractivity contribution in [1.82, 2.24) is 13.1 Å². The fraction of sp³-hybridized carbons (Fsp3) is 0.800. The first-order valence-electron chi connectivity index (χ1n) is 3.64. The number of nitrogens with zero attached hydrogens (tertiary/aromatic N) is 3. The Bertz CT molecular complexity index is 195. The quantitative estimate of drug-likeness (QED) is 0.411. The third kappa shape index (κ3) is 2.44. The lowest BCUT2D eigenvalue weighted by Gasteiger charge is -2.12. The lowest BCUT2D eigenvalue weighted by Crippen LogP contribution is -2.20. The van der Waals surface area contributed by atoms with E-state index in [0.29, 0.717) is 0 Å². The second-order valence-corrected chi connectivity index (χ2v) is 4.29. The molecule has 0 spiro atoms. The second-order valence-electron chi connectivity index (χ2n) is 2.57. The third-order valence-electron chi connectivity index (χ3n) is 1.37. The largest absolute Gasteiger partial charge is 0.450 e. The maximum Gasteiger partial charge on any atom is 0.450 e. The number of carbonyl (C=O) groups excluding carboxylic acids is 1. The molecular formula is C5H9N3O2S2. The molecule has 12 heavy (non-hydrogen) atoms. The molecule has 2 aliphatic heterocycles. The molecule has 0 aromatic heterocycles. The van der Waals surface area contributed by atoms with Gasteiger partial charge in [-0.2, -0.15) is 3.71 Å². The van der Waals surface area contributed by atoms with Crippen LogP contribution in [0, 0.1) is 0 Å². The summed E-state index contributed by atoms with van der Waals surface area (Å²) in [4.78, 5) is 15.9. The molecule has 2 heterocycles. The standard InChI is InChI=1S/C5H9N3O2S2/c9-5(10-6-1-2-6)8(11)12-7-3-4-7/h11H,1-4H2. The molecule has 2 rings (SSSR count). The minimum Gasteiger partial charge on any atom is -0.349 e. The van der Waals surface area contributed by atoms with E-state index in [1.807, 2.05) is 4.31 Å². The van der Waals surface area contributed by atoms with Gasteiger partial charge >= 0.3 is 6.09 Å². The first-order chi connectivity index (χ1) is 5.75. The van der Waals surface area contributed by atoms with Crippen LogP contribution in [0.1, 0.15) is 0 Å². The predicted molar refractivity (Wildman–Crippen MR) is 48.0 cm³/mol. The van der Waals surface area contributed by atoms with Gasteiger partial charge < -0.3 is 4.84 Å². The summed E-state index contributed by atoms with van der Waals surface area (Å²) in [6.07, 6.45) is -0.423. The number of hydrogen-bond acceptors (Lipinski definition) is 6. The van der Waals surface area contributed by atoms with E-state index in [0.717, 1.165) is 26.2 Å². The van der Waals surface area contributed by atoms with E-state index in [9.17, 15) is 4.79 Å². The fourth-order valence-corrected chi connectivity index (χ4v) is 1.45. The Morgan fingerprint density at radius 3 is 2.58 bits per heavy atom. The highest BCUT2D eigenvalue weighted by molar-refractivity contribution is 8.04. The van der Waals surface area contributed by atoms with Crippen LogP contribution in [-0.4, -0.2) is 45.4 Å². The summed E-state index contributed by atoms with van der Waals surface area (Å²) < 4.78 is 3.20. The second kappa shape index (κ2) is 3.33. The molecule has 2 aliphatic rings. The lowest BCUT2D eigenvalue weighted by molar-refractivity contribution is -0.00138. The summed E-state index contributed by atoms with van der Waals surface area (Å²) in [5.41, 5.74) is 0. The molecule has 5 nitrogen and oxygen atoms in total. The van der Waals surface area contributed by atoms with Crippen molar-refractivity contribution in [2.75, 3.05) is 26.2 Å². The zero-order chi connectivity index (χ0) is 8.55. The molecule has 0 radical (unpaired) electrons. The van der Waals surface area contributed by atoms with E-state index < -0.39 is 6.09 Å². The van der Waals surface area contributed by atoms with E-state index in [-0.39, 0.29) is 0 Å². The van der Waals surface area contributed by atoms with Crippen molar-refractivity contribution in [1.29, 1.82) is 0 Å². The SMILES string of the molecule is O=C(ON1CC1)N(S)SN1CC1. The third-order valence-corrected chi connectivity index (χ3v) is 2.65. The monoisotopic (exact) mass is 207 g/mol. The molecule has 0 atom stereocenters. The maximum atomic E-state index is 11.1. The first-order valence-corrected chi connectivity index (χ1v) is 4.77. The van der Waals surface area contributed by atoms with Crippen molar-refractivity contribution >= 4 is 31.0 Å². The summed E-state index contributed by atoms with van der Waals surface area (Å²) in [5, 5.41) is 1.58. The Morgan fingerprint density at radius 2 is 2.08 bits per heavy atom. The molecule has 0 bridgehead atoms. The van der Waals surface area contributed by atoms with Crippen LogP contribution < -0.4 is 0 Å². The van der Waals surface area contributed by atoms with Crippen LogP contribution in [0.25, 0.3) is 0 Å². The number of hydrogen-bond donors (Lipinski definition) is 1. The highest BCUT2D eigenvalue weighted by Crippen LogP contribution is 2.26. The molecule has 7 heteroatoms. The smallest absolute Gasteiger partial charge is 0.349 e. The van der Waals surface area contributed by atoms with Gasteiger partial charge in [0, 0.05) is 13.1 Å². The van der Waals surface area contributed by atoms with Crippen LogP contribution in [0.4, 0.5) is 4.79 Å². The maximum absolute atomic E-state index is 11.1. The normalized spacial score (nSPS) is 22.1. The van der Waals surface area contributed by atoms with Gasteiger partial charge in [-0.25, -0.2) is 9.10 Å². The summed E-state index contributed by atoms with van der Waals surface area (Å²) in [6, 6.07) is 0. The Kier molecular flexibility index (Phi) is 2.35. The Labute approximate surface area is 80.4 Å². The van der Waals surface area contributed by atoms with Crippen LogP contribution in [0.2, 0.25) is 0 Å². The van der Waals surface area contributed by atoms with Gasteiger partial charge in [0.2, 0.25) is 0 Å². The zero-order valence-electron chi connectivity index (χ0n) is 6.34. The molecule has 0 unspecified atom stereocenters. The van der Waals surface area contributed by atoms with Gasteiger partial charge in [0.1, 0.15) is 0 Å². The average molecular weight is 207 g/mol. The van der Waals surface area contributed by atoms with Crippen molar-refractivity contribution in [3.05, 3.63) is 0 Å². The molecule has 2 saturated heterocycles. The van der Waals surface area contributed by atoms with Crippen molar-refractivity contribution in [2.24, 2.45) is 0 Å². The Balaban J connectivity index is 1.68. The summed E-state index contributed by atoms with van der Waals surface area (Å²) in [7, 11) is 0. The highest BCUT2D eigenvalue weighted by Gasteiger charge is 2.28. The lowest BCUT2D eigenvalue weighted by atomic mass is 11.0. The summed E-state index contributed by atoms with van der Waals surface area (Å²) in [5.74, 6) is 0. The predicted octanol–water partition coefficient (Wildman–Crippen LogP) is 0.379. The number of rotatable bonds is 3. The van der Waals surface area contributed by atoms with E-state index >= 15 is 0 Å². The number of hydroxylamine groups is 2. The zero-order valence-corrected chi connectivity index (χ0v) is 8.05. The van der Waals surface area contributed by atoms with Gasteiger partial charge in [-0.05, 0) is 12.8 Å². The van der Waals surface area contributed by atoms with Crippen molar-refractivity contribution in [3.8, 4) is 0 Å². The van der Waals surface area contributed by atoms with Crippen molar-refractivity contribution in [2.45, 2.75) is 0 Å². The molecule has 0 aromatic rings. The van der Waals surface area contributed by atoms with E-state index in [2.05, 4.69) is 12.8 Å². The molecule has 0 N–H and O–H groups in total. The molecule has 1 amide bonds. The topological polar surface area (TPSA) is 35.6 Å².